The van der Waals surface area contributed by atoms with Gasteiger partial charge in [-0.05, 0) is 13.3 Å². The monoisotopic (exact) mass is 234 g/mol. The van der Waals surface area contributed by atoms with Gasteiger partial charge in [0.15, 0.2) is 11.5 Å². The van der Waals surface area contributed by atoms with E-state index in [1.807, 2.05) is 0 Å². The van der Waals surface area contributed by atoms with Crippen molar-refractivity contribution in [3.63, 3.8) is 0 Å². The molecular formula is C11H18N6. The first-order valence-electron chi connectivity index (χ1n) is 5.93. The fraction of sp³-hybridized carbons (Fsp3) is 0.545. The van der Waals surface area contributed by atoms with Gasteiger partial charge < -0.3 is 16.0 Å². The summed E-state index contributed by atoms with van der Waals surface area (Å²) in [5.74, 6) is 0.975. The van der Waals surface area contributed by atoms with Gasteiger partial charge in [-0.3, -0.25) is 0 Å². The van der Waals surface area contributed by atoms with E-state index in [4.69, 9.17) is 5.73 Å². The molecule has 6 nitrogen and oxygen atoms in total. The Morgan fingerprint density at radius 2 is 2.29 bits per heavy atom. The number of hydrogen-bond acceptors (Lipinski definition) is 5. The van der Waals surface area contributed by atoms with Gasteiger partial charge in [0.25, 0.3) is 0 Å². The molecule has 0 amide bonds. The fourth-order valence-corrected chi connectivity index (χ4v) is 1.77. The van der Waals surface area contributed by atoms with E-state index in [0.717, 1.165) is 17.8 Å². The number of nitrogens with two attached hydrogens (primary N) is 1. The van der Waals surface area contributed by atoms with Crippen LogP contribution in [0.5, 0.6) is 0 Å². The molecule has 1 atom stereocenters. The first kappa shape index (κ1) is 11.6. The summed E-state index contributed by atoms with van der Waals surface area (Å²) in [6, 6.07) is 0.357. The fourth-order valence-electron chi connectivity index (χ4n) is 1.77. The molecule has 17 heavy (non-hydrogen) atoms. The number of hydrogen-bond donors (Lipinski definition) is 3. The van der Waals surface area contributed by atoms with Crippen molar-refractivity contribution in [1.29, 1.82) is 0 Å². The standard InChI is InChI=1S/C11H18N6/c1-3-4-5-7(2)15-10-8-9(14-6-13-8)16-11(12)17-10/h6-7H,3-5H2,1-2H3,(H4,12,13,14,15,16,17). The number of fused-ring (bicyclic) bond motifs is 1. The lowest BCUT2D eigenvalue weighted by Crippen LogP contribution is -2.16. The SMILES string of the molecule is CCCCC(C)Nc1nc(N)nc2nc[nH]c12. The topological polar surface area (TPSA) is 92.5 Å². The van der Waals surface area contributed by atoms with Crippen LogP contribution in [0, 0.1) is 0 Å². The summed E-state index contributed by atoms with van der Waals surface area (Å²) in [6.07, 6.45) is 5.09. The van der Waals surface area contributed by atoms with Crippen LogP contribution in [0.1, 0.15) is 33.1 Å². The molecule has 0 spiro atoms. The summed E-state index contributed by atoms with van der Waals surface area (Å²) in [7, 11) is 0. The molecule has 6 heteroatoms. The van der Waals surface area contributed by atoms with Gasteiger partial charge in [-0.25, -0.2) is 4.98 Å². The van der Waals surface area contributed by atoms with E-state index in [-0.39, 0.29) is 5.95 Å². The maximum atomic E-state index is 5.64. The van der Waals surface area contributed by atoms with E-state index in [0.29, 0.717) is 11.7 Å². The highest BCUT2D eigenvalue weighted by Crippen LogP contribution is 2.19. The predicted molar refractivity (Wildman–Crippen MR) is 68.7 cm³/mol. The van der Waals surface area contributed by atoms with Gasteiger partial charge in [0.1, 0.15) is 5.52 Å². The van der Waals surface area contributed by atoms with Crippen molar-refractivity contribution in [3.8, 4) is 0 Å². The highest BCUT2D eigenvalue weighted by atomic mass is 15.1. The molecule has 2 rings (SSSR count). The average Bonchev–Trinajstić information content (AvgIpc) is 2.74. The van der Waals surface area contributed by atoms with E-state index < -0.39 is 0 Å². The van der Waals surface area contributed by atoms with E-state index in [1.165, 1.54) is 12.8 Å². The van der Waals surface area contributed by atoms with Crippen LogP contribution in [0.2, 0.25) is 0 Å². The minimum atomic E-state index is 0.245. The van der Waals surface area contributed by atoms with Crippen molar-refractivity contribution in [2.75, 3.05) is 11.1 Å². The lowest BCUT2D eigenvalue weighted by molar-refractivity contribution is 0.643. The Hall–Kier alpha value is -1.85. The van der Waals surface area contributed by atoms with Gasteiger partial charge in [-0.15, -0.1) is 0 Å². The minimum absolute atomic E-state index is 0.245. The predicted octanol–water partition coefficient (Wildman–Crippen LogP) is 1.93. The zero-order chi connectivity index (χ0) is 12.3. The van der Waals surface area contributed by atoms with Crippen molar-refractivity contribution < 1.29 is 0 Å². The number of nitrogen functional groups attached to an aromatic ring is 1. The third-order valence-corrected chi connectivity index (χ3v) is 2.68. The summed E-state index contributed by atoms with van der Waals surface area (Å²) >= 11 is 0. The molecule has 0 saturated carbocycles. The molecule has 92 valence electrons. The molecule has 0 bridgehead atoms. The quantitative estimate of drug-likeness (QED) is 0.735. The van der Waals surface area contributed by atoms with Gasteiger partial charge in [0.05, 0.1) is 6.33 Å². The van der Waals surface area contributed by atoms with Crippen molar-refractivity contribution >= 4 is 22.9 Å². The van der Waals surface area contributed by atoms with Crippen molar-refractivity contribution in [2.45, 2.75) is 39.2 Å². The molecule has 0 fully saturated rings. The smallest absolute Gasteiger partial charge is 0.224 e. The third kappa shape index (κ3) is 2.64. The molecule has 0 aliphatic rings. The summed E-state index contributed by atoms with van der Waals surface area (Å²) in [4.78, 5) is 15.4. The third-order valence-electron chi connectivity index (χ3n) is 2.68. The normalized spacial score (nSPS) is 12.8. The Morgan fingerprint density at radius 3 is 3.06 bits per heavy atom. The molecule has 0 saturated heterocycles. The van der Waals surface area contributed by atoms with Crippen LogP contribution in [0.3, 0.4) is 0 Å². The van der Waals surface area contributed by atoms with Gasteiger partial charge in [0.2, 0.25) is 5.95 Å². The zero-order valence-electron chi connectivity index (χ0n) is 10.2. The molecular weight excluding hydrogens is 216 g/mol. The second kappa shape index (κ2) is 4.99. The molecule has 2 heterocycles. The molecule has 0 radical (unpaired) electrons. The second-order valence-corrected chi connectivity index (χ2v) is 4.22. The molecule has 2 aromatic rings. The number of aromatic amines is 1. The van der Waals surface area contributed by atoms with E-state index in [2.05, 4.69) is 39.1 Å². The van der Waals surface area contributed by atoms with Crippen LogP contribution in [-0.4, -0.2) is 26.0 Å². The van der Waals surface area contributed by atoms with Gasteiger partial charge in [0, 0.05) is 6.04 Å². The Labute approximate surface area is 100 Å². The van der Waals surface area contributed by atoms with Crippen LogP contribution >= 0.6 is 0 Å². The number of H-pyrrole nitrogens is 1. The molecule has 0 aliphatic carbocycles. The molecule has 0 aromatic carbocycles. The number of imidazole rings is 1. The summed E-state index contributed by atoms with van der Waals surface area (Å²) < 4.78 is 0. The highest BCUT2D eigenvalue weighted by Gasteiger charge is 2.10. The molecule has 1 unspecified atom stereocenters. The average molecular weight is 234 g/mol. The molecule has 4 N–H and O–H groups in total. The molecule has 2 aromatic heterocycles. The first-order valence-corrected chi connectivity index (χ1v) is 5.93. The van der Waals surface area contributed by atoms with E-state index in [9.17, 15) is 0 Å². The maximum Gasteiger partial charge on any atom is 0.224 e. The number of anilines is 2. The van der Waals surface area contributed by atoms with Crippen molar-refractivity contribution in [2.24, 2.45) is 0 Å². The summed E-state index contributed by atoms with van der Waals surface area (Å²) in [6.45, 7) is 4.32. The van der Waals surface area contributed by atoms with Crippen LogP contribution in [0.15, 0.2) is 6.33 Å². The largest absolute Gasteiger partial charge is 0.368 e. The first-order chi connectivity index (χ1) is 8.20. The number of nitrogens with zero attached hydrogens (tertiary/aromatic N) is 3. The number of nitrogens with one attached hydrogen (secondary N) is 2. The maximum absolute atomic E-state index is 5.64. The Kier molecular flexibility index (Phi) is 3.41. The van der Waals surface area contributed by atoms with Crippen molar-refractivity contribution in [1.82, 2.24) is 19.9 Å². The highest BCUT2D eigenvalue weighted by molar-refractivity contribution is 5.83. The Balaban J connectivity index is 2.19. The Morgan fingerprint density at radius 1 is 1.47 bits per heavy atom. The zero-order valence-corrected chi connectivity index (χ0v) is 10.2. The van der Waals surface area contributed by atoms with E-state index >= 15 is 0 Å². The van der Waals surface area contributed by atoms with Crippen LogP contribution in [-0.2, 0) is 0 Å². The lowest BCUT2D eigenvalue weighted by Gasteiger charge is -2.14. The second-order valence-electron chi connectivity index (χ2n) is 4.22. The number of rotatable bonds is 5. The van der Waals surface area contributed by atoms with Crippen LogP contribution < -0.4 is 11.1 Å². The van der Waals surface area contributed by atoms with Gasteiger partial charge in [-0.1, -0.05) is 19.8 Å². The minimum Gasteiger partial charge on any atom is -0.368 e. The lowest BCUT2D eigenvalue weighted by atomic mass is 10.1. The van der Waals surface area contributed by atoms with Gasteiger partial charge >= 0.3 is 0 Å². The summed E-state index contributed by atoms with van der Waals surface area (Å²) in [5, 5.41) is 3.34. The van der Waals surface area contributed by atoms with Crippen molar-refractivity contribution in [3.05, 3.63) is 6.33 Å². The number of unbranched alkanes of at least 4 members (excludes halogenated alkanes) is 1. The number of aromatic nitrogens is 4. The van der Waals surface area contributed by atoms with Crippen LogP contribution in [0.25, 0.3) is 11.2 Å². The van der Waals surface area contributed by atoms with Crippen LogP contribution in [0.4, 0.5) is 11.8 Å². The summed E-state index contributed by atoms with van der Waals surface area (Å²) in [5.41, 5.74) is 7.05. The Bertz CT molecular complexity index is 492. The van der Waals surface area contributed by atoms with Gasteiger partial charge in [-0.2, -0.15) is 9.97 Å². The molecule has 0 aliphatic heterocycles. The van der Waals surface area contributed by atoms with E-state index in [1.54, 1.807) is 6.33 Å².